The number of fused-ring (bicyclic) bond motifs is 2. The van der Waals surface area contributed by atoms with Crippen molar-refractivity contribution in [3.05, 3.63) is 87.4 Å². The van der Waals surface area contributed by atoms with Gasteiger partial charge in [0.25, 0.3) is 0 Å². The van der Waals surface area contributed by atoms with Crippen LogP contribution in [0.25, 0.3) is 10.2 Å². The summed E-state index contributed by atoms with van der Waals surface area (Å²) < 4.78 is 6.28. The smallest absolute Gasteiger partial charge is 0.410 e. The van der Waals surface area contributed by atoms with Crippen LogP contribution in [0.4, 0.5) is 14.7 Å². The van der Waals surface area contributed by atoms with Gasteiger partial charge in [0, 0.05) is 32.6 Å². The lowest BCUT2D eigenvalue weighted by atomic mass is 9.99. The third-order valence-electron chi connectivity index (χ3n) is 9.03. The number of hydrogen-bond acceptors (Lipinski definition) is 11. The lowest BCUT2D eigenvalue weighted by Crippen LogP contribution is -2.66. The Balaban J connectivity index is 1.25. The predicted molar refractivity (Wildman–Crippen MR) is 204 cm³/mol. The first-order valence-electron chi connectivity index (χ1n) is 17.0. The minimum atomic E-state index is -0.953. The van der Waals surface area contributed by atoms with Gasteiger partial charge >= 0.3 is 12.1 Å². The molecule has 2 saturated heterocycles. The van der Waals surface area contributed by atoms with E-state index in [9.17, 15) is 24.4 Å². The number of nitrogen functional groups attached to an aromatic ring is 1. The normalized spacial score (nSPS) is 17.1. The van der Waals surface area contributed by atoms with E-state index >= 15 is 0 Å². The van der Waals surface area contributed by atoms with Crippen LogP contribution in [0.15, 0.2) is 60.7 Å². The third-order valence-corrected chi connectivity index (χ3v) is 10.6. The summed E-state index contributed by atoms with van der Waals surface area (Å²) in [5, 5.41) is 19.1. The molecule has 5 amide bonds. The minimum Gasteiger partial charge on any atom is -0.410 e. The van der Waals surface area contributed by atoms with Crippen LogP contribution >= 0.6 is 34.5 Å². The van der Waals surface area contributed by atoms with Crippen molar-refractivity contribution in [2.24, 2.45) is 0 Å². The molecule has 2 fully saturated rings. The van der Waals surface area contributed by atoms with Gasteiger partial charge in [-0.05, 0) is 61.1 Å². The zero-order valence-corrected chi connectivity index (χ0v) is 31.8. The van der Waals surface area contributed by atoms with E-state index in [4.69, 9.17) is 33.7 Å². The number of carbonyl (C=O) groups excluding carboxylic acids is 4. The molecule has 0 unspecified atom stereocenters. The van der Waals surface area contributed by atoms with Gasteiger partial charge in [-0.2, -0.15) is 10.3 Å². The van der Waals surface area contributed by atoms with Crippen LogP contribution in [0.5, 0.6) is 5.75 Å². The molecule has 282 valence electrons. The minimum absolute atomic E-state index is 0.0504. The zero-order chi connectivity index (χ0) is 38.5. The molecular weight excluding hydrogens is 755 g/mol. The first kappa shape index (κ1) is 38.5. The van der Waals surface area contributed by atoms with Gasteiger partial charge in [0.15, 0.2) is 5.13 Å². The summed E-state index contributed by atoms with van der Waals surface area (Å²) in [6.07, 6.45) is -1.23. The van der Waals surface area contributed by atoms with E-state index in [1.165, 1.54) is 26.3 Å². The monoisotopic (exact) mass is 792 g/mol. The molecule has 3 heterocycles. The Morgan fingerprint density at radius 1 is 1.07 bits per heavy atom. The summed E-state index contributed by atoms with van der Waals surface area (Å²) in [4.78, 5) is 63.8. The van der Waals surface area contributed by atoms with E-state index in [1.807, 2.05) is 43.3 Å². The number of thiazole rings is 1. The van der Waals surface area contributed by atoms with Crippen LogP contribution in [-0.4, -0.2) is 113 Å². The number of aromatic nitrogens is 1. The second-order valence-electron chi connectivity index (χ2n) is 13.0. The van der Waals surface area contributed by atoms with Crippen LogP contribution < -0.4 is 21.1 Å². The van der Waals surface area contributed by atoms with E-state index in [0.29, 0.717) is 50.7 Å². The molecule has 4 aromatic rings. The average molecular weight is 794 g/mol. The highest BCUT2D eigenvalue weighted by atomic mass is 35.5. The van der Waals surface area contributed by atoms with Gasteiger partial charge in [-0.3, -0.25) is 9.59 Å². The number of piperazine rings is 1. The zero-order valence-electron chi connectivity index (χ0n) is 29.5. The Hall–Kier alpha value is -5.18. The number of likely N-dealkylation sites (N-methyl/N-ethyl adjacent to an activating group) is 1. The molecule has 0 spiro atoms. The number of nitrogens with one attached hydrogen (secondary N) is 2. The van der Waals surface area contributed by atoms with Gasteiger partial charge < -0.3 is 35.8 Å². The molecule has 3 aromatic carbocycles. The van der Waals surface area contributed by atoms with Gasteiger partial charge in [0.2, 0.25) is 11.8 Å². The van der Waals surface area contributed by atoms with Gasteiger partial charge in [0.1, 0.15) is 24.5 Å². The third kappa shape index (κ3) is 8.78. The fourth-order valence-corrected chi connectivity index (χ4v) is 7.56. The van der Waals surface area contributed by atoms with Crippen molar-refractivity contribution in [3.63, 3.8) is 0 Å². The number of hydrogen-bond donors (Lipinski definition) is 3. The van der Waals surface area contributed by atoms with E-state index in [0.717, 1.165) is 10.3 Å². The highest BCUT2D eigenvalue weighted by Crippen LogP contribution is 2.33. The maximum absolute atomic E-state index is 14.4. The number of amides is 5. The summed E-state index contributed by atoms with van der Waals surface area (Å²) in [7, 11) is 3.80. The number of nitriles is 1. The number of ether oxygens (including phenoxy) is 1. The fraction of sp³-hybridized carbons (Fsp3) is 0.333. The van der Waals surface area contributed by atoms with Crippen molar-refractivity contribution in [3.8, 4) is 11.8 Å². The topological polar surface area (TPSA) is 180 Å². The maximum atomic E-state index is 14.4. The van der Waals surface area contributed by atoms with Gasteiger partial charge in [-0.1, -0.05) is 64.9 Å². The molecule has 6 rings (SSSR count). The molecule has 54 heavy (non-hydrogen) atoms. The number of halogens is 2. The molecule has 4 N–H and O–H groups in total. The van der Waals surface area contributed by atoms with Crippen molar-refractivity contribution >= 4 is 73.8 Å². The number of benzene rings is 3. The Bertz CT molecular complexity index is 2090. The maximum Gasteiger partial charge on any atom is 0.412 e. The summed E-state index contributed by atoms with van der Waals surface area (Å²) in [6.45, 7) is 0.775. The van der Waals surface area contributed by atoms with Crippen LogP contribution in [-0.2, 0) is 29.1 Å². The molecule has 2 aliphatic heterocycles. The summed E-state index contributed by atoms with van der Waals surface area (Å²) in [6, 6.07) is 17.8. The molecule has 0 radical (unpaired) electrons. The second kappa shape index (κ2) is 16.9. The van der Waals surface area contributed by atoms with Crippen LogP contribution in [0.3, 0.4) is 0 Å². The quantitative estimate of drug-likeness (QED) is 0.178. The molecule has 1 aromatic heterocycles. The van der Waals surface area contributed by atoms with Crippen molar-refractivity contribution in [2.45, 2.75) is 31.7 Å². The van der Waals surface area contributed by atoms with Gasteiger partial charge in [0.05, 0.1) is 39.4 Å². The standard InChI is InChI=1S/C36H38Cl2N10O5S/c1-44(2)15-13-41-36(52)53-25-9-6-22(7-10-25)17-28-33(50)45(19-24-4-3-5-29-32(24)43-34(40)54-29)20-30-47(21-31(49)48(28)30)46(14-12-39)35(51)42-18-23-8-11-26(37)27(38)16-23/h3-11,16,28,30H,13-15,17-21H2,1-2H3,(H2,40,43)(H,41,52)(H,42,51)/t28-,30+/m0/s1. The van der Waals surface area contributed by atoms with Gasteiger partial charge in [-0.15, -0.1) is 0 Å². The largest absolute Gasteiger partial charge is 0.412 e. The van der Waals surface area contributed by atoms with Crippen LogP contribution in [0.1, 0.15) is 16.7 Å². The number of carbonyl (C=O) groups is 4. The Morgan fingerprint density at radius 3 is 2.56 bits per heavy atom. The van der Waals surface area contributed by atoms with Crippen molar-refractivity contribution in [1.82, 2.24) is 40.3 Å². The highest BCUT2D eigenvalue weighted by Gasteiger charge is 2.52. The van der Waals surface area contributed by atoms with Crippen molar-refractivity contribution < 1.29 is 23.9 Å². The van der Waals surface area contributed by atoms with Crippen molar-refractivity contribution in [1.29, 1.82) is 5.26 Å². The number of nitrogens with two attached hydrogens (primary N) is 1. The molecule has 2 atom stereocenters. The predicted octanol–water partition coefficient (Wildman–Crippen LogP) is 3.91. The molecule has 0 aliphatic carbocycles. The van der Waals surface area contributed by atoms with E-state index in [1.54, 1.807) is 47.4 Å². The number of rotatable bonds is 12. The lowest BCUT2D eigenvalue weighted by molar-refractivity contribution is -0.157. The van der Waals surface area contributed by atoms with Gasteiger partial charge in [-0.25, -0.2) is 19.6 Å². The number of urea groups is 1. The van der Waals surface area contributed by atoms with Crippen molar-refractivity contribution in [2.75, 3.05) is 52.6 Å². The summed E-state index contributed by atoms with van der Waals surface area (Å²) in [5.41, 5.74) is 8.88. The van der Waals surface area contributed by atoms with Crippen LogP contribution in [0, 0.1) is 11.3 Å². The van der Waals surface area contributed by atoms with E-state index in [2.05, 4.69) is 15.6 Å². The Kier molecular flexibility index (Phi) is 12.0. The molecule has 18 heteroatoms. The number of para-hydroxylation sites is 1. The Morgan fingerprint density at radius 2 is 1.83 bits per heavy atom. The number of anilines is 1. The Labute approximate surface area is 325 Å². The molecule has 0 saturated carbocycles. The average Bonchev–Trinajstić information content (AvgIpc) is 3.68. The molecule has 0 bridgehead atoms. The first-order chi connectivity index (χ1) is 25.9. The molecule has 2 aliphatic rings. The lowest BCUT2D eigenvalue weighted by Gasteiger charge is -2.46. The number of nitrogens with zero attached hydrogens (tertiary/aromatic N) is 7. The SMILES string of the molecule is CN(C)CCNC(=O)Oc1ccc(C[C@H]2C(=O)N(Cc3cccc4sc(N)nc34)C[C@H]3N2C(=O)CN3N(CC#N)C(=O)NCc2ccc(Cl)c(Cl)c2)cc1. The highest BCUT2D eigenvalue weighted by molar-refractivity contribution is 7.22. The summed E-state index contributed by atoms with van der Waals surface area (Å²) >= 11 is 13.6. The fourth-order valence-electron chi connectivity index (χ4n) is 6.45. The second-order valence-corrected chi connectivity index (χ2v) is 14.9. The first-order valence-corrected chi connectivity index (χ1v) is 18.5. The summed E-state index contributed by atoms with van der Waals surface area (Å²) in [5.74, 6) is -0.353. The molecule has 15 nitrogen and oxygen atoms in total. The molecular formula is C36H38Cl2N10O5S. The van der Waals surface area contributed by atoms with E-state index in [-0.39, 0.29) is 51.0 Å². The van der Waals surface area contributed by atoms with Crippen LogP contribution in [0.2, 0.25) is 10.0 Å². The van der Waals surface area contributed by atoms with E-state index < -0.39 is 24.3 Å². The number of hydrazine groups is 1.